The molecule has 23 heteroatoms. The highest BCUT2D eigenvalue weighted by atomic mass is 19.4. The number of alkyl halides is 10. The fourth-order valence-corrected chi connectivity index (χ4v) is 6.74. The van der Waals surface area contributed by atoms with Gasteiger partial charge in [0, 0.05) is 53.0 Å². The van der Waals surface area contributed by atoms with E-state index in [0.717, 1.165) is 77.9 Å². The Morgan fingerprint density at radius 2 is 1.07 bits per heavy atom. The number of nitrogens with zero attached hydrogens (tertiary/aromatic N) is 5. The molecule has 68 heavy (non-hydrogen) atoms. The molecule has 0 saturated carbocycles. The zero-order valence-electron chi connectivity index (χ0n) is 33.3. The molecule has 0 amide bonds. The van der Waals surface area contributed by atoms with E-state index in [1.807, 2.05) is 0 Å². The number of epoxide rings is 1. The maximum absolute atomic E-state index is 15.7. The summed E-state index contributed by atoms with van der Waals surface area (Å²) in [4.78, 5) is 7.46. The Morgan fingerprint density at radius 3 is 1.49 bits per heavy atom. The molecule has 7 aromatic rings. The lowest BCUT2D eigenvalue weighted by Crippen LogP contribution is -2.48. The van der Waals surface area contributed by atoms with Crippen LogP contribution in [0.5, 0.6) is 11.5 Å². The summed E-state index contributed by atoms with van der Waals surface area (Å²) in [6.07, 6.45) is -5.24. The third-order valence-electron chi connectivity index (χ3n) is 10.1. The second kappa shape index (κ2) is 18.9. The van der Waals surface area contributed by atoms with Gasteiger partial charge in [-0.05, 0) is 71.8 Å². The second-order valence-electron chi connectivity index (χ2n) is 14.5. The first-order valence-electron chi connectivity index (χ1n) is 18.9. The molecule has 1 aliphatic heterocycles. The Bertz CT molecular complexity index is 2810. The van der Waals surface area contributed by atoms with Gasteiger partial charge in [-0.15, -0.1) is 31.4 Å². The minimum Gasteiger partial charge on any atom is -0.406 e. The molecule has 1 fully saturated rings. The van der Waals surface area contributed by atoms with Crippen LogP contribution in [0.15, 0.2) is 134 Å². The number of rotatable bonds is 12. The van der Waals surface area contributed by atoms with Crippen LogP contribution in [-0.4, -0.2) is 49.4 Å². The van der Waals surface area contributed by atoms with Crippen LogP contribution < -0.4 is 9.47 Å². The Kier molecular flexibility index (Phi) is 13.9. The van der Waals surface area contributed by atoms with Crippen molar-refractivity contribution in [3.8, 4) is 33.8 Å². The van der Waals surface area contributed by atoms with Crippen LogP contribution in [0, 0.1) is 23.3 Å². The van der Waals surface area contributed by atoms with Crippen molar-refractivity contribution in [3.63, 3.8) is 0 Å². The molecule has 0 aliphatic carbocycles. The number of hydrogen-bond acceptors (Lipinski definition) is 8. The number of ether oxygens (including phenoxy) is 3. The van der Waals surface area contributed by atoms with Crippen molar-refractivity contribution in [1.29, 1.82) is 0 Å². The summed E-state index contributed by atoms with van der Waals surface area (Å²) in [6.45, 7) is -1.43. The Hall–Kier alpha value is -7.14. The lowest BCUT2D eigenvalue weighted by Gasteiger charge is -2.36. The molecule has 0 bridgehead atoms. The van der Waals surface area contributed by atoms with E-state index in [0.29, 0.717) is 34.9 Å². The van der Waals surface area contributed by atoms with E-state index in [9.17, 15) is 49.0 Å². The minimum atomic E-state index is -4.87. The molecular weight excluding hydrogens is 940 g/mol. The summed E-state index contributed by atoms with van der Waals surface area (Å²) in [6, 6.07) is 17.9. The monoisotopic (exact) mass is 971 g/mol. The van der Waals surface area contributed by atoms with E-state index >= 15 is 17.6 Å². The van der Waals surface area contributed by atoms with Crippen LogP contribution in [0.4, 0.5) is 61.5 Å². The van der Waals surface area contributed by atoms with Gasteiger partial charge in [-0.3, -0.25) is 9.97 Å². The number of hydrogen-bond donors (Lipinski definition) is 1. The zero-order chi connectivity index (χ0) is 48.6. The van der Waals surface area contributed by atoms with Crippen molar-refractivity contribution in [2.45, 2.75) is 49.7 Å². The Labute approximate surface area is 375 Å². The summed E-state index contributed by atoms with van der Waals surface area (Å²) in [5.74, 6) is -13.4. The summed E-state index contributed by atoms with van der Waals surface area (Å²) < 4.78 is 204. The second-order valence-corrected chi connectivity index (χ2v) is 14.5. The first-order chi connectivity index (χ1) is 31.4. The minimum absolute atomic E-state index is 0. The lowest BCUT2D eigenvalue weighted by atomic mass is 9.84. The lowest BCUT2D eigenvalue weighted by molar-refractivity contribution is -0.275. The topological polar surface area (TPSA) is 108 Å². The normalized spacial score (nSPS) is 15.9. The molecule has 1 N–H and O–H groups in total. The van der Waals surface area contributed by atoms with E-state index < -0.39 is 106 Å². The van der Waals surface area contributed by atoms with E-state index in [2.05, 4.69) is 29.8 Å². The van der Waals surface area contributed by atoms with E-state index in [1.54, 1.807) is 0 Å². The number of pyridine rings is 2. The maximum atomic E-state index is 15.7. The molecule has 3 aromatic heterocycles. The molecule has 4 heterocycles. The van der Waals surface area contributed by atoms with Crippen molar-refractivity contribution in [2.75, 3.05) is 6.61 Å². The highest BCUT2D eigenvalue weighted by molar-refractivity contribution is 5.64. The van der Waals surface area contributed by atoms with Gasteiger partial charge in [0.05, 0.1) is 19.3 Å². The van der Waals surface area contributed by atoms with Crippen LogP contribution in [-0.2, 0) is 34.3 Å². The van der Waals surface area contributed by atoms with Gasteiger partial charge >= 0.3 is 24.6 Å². The third kappa shape index (κ3) is 10.7. The van der Waals surface area contributed by atoms with Crippen molar-refractivity contribution in [1.82, 2.24) is 25.0 Å². The highest BCUT2D eigenvalue weighted by Crippen LogP contribution is 2.56. The summed E-state index contributed by atoms with van der Waals surface area (Å²) in [5, 5.41) is 18.2. The number of aromatic nitrogens is 5. The van der Waals surface area contributed by atoms with Crippen LogP contribution in [0.1, 0.15) is 29.9 Å². The molecule has 2 atom stereocenters. The van der Waals surface area contributed by atoms with Gasteiger partial charge in [-0.2, -0.15) is 17.6 Å². The van der Waals surface area contributed by atoms with Crippen LogP contribution in [0.3, 0.4) is 0 Å². The van der Waals surface area contributed by atoms with Gasteiger partial charge < -0.3 is 19.3 Å². The first-order valence-corrected chi connectivity index (χ1v) is 18.9. The van der Waals surface area contributed by atoms with E-state index in [1.165, 1.54) is 42.6 Å². The maximum Gasteiger partial charge on any atom is 0.573 e. The predicted molar refractivity (Wildman–Crippen MR) is 211 cm³/mol. The molecular formula is C45H31F14N5O4. The molecule has 358 valence electrons. The zero-order valence-corrected chi connectivity index (χ0v) is 33.3. The summed E-state index contributed by atoms with van der Waals surface area (Å²) in [7, 11) is 0. The molecule has 1 aliphatic rings. The van der Waals surface area contributed by atoms with Crippen molar-refractivity contribution >= 4 is 0 Å². The molecule has 9 nitrogen and oxygen atoms in total. The molecule has 1 saturated heterocycles. The van der Waals surface area contributed by atoms with Crippen LogP contribution in [0.25, 0.3) is 22.3 Å². The third-order valence-corrected chi connectivity index (χ3v) is 10.1. The molecule has 0 spiro atoms. The quantitative estimate of drug-likeness (QED) is 0.0953. The van der Waals surface area contributed by atoms with Gasteiger partial charge in [-0.25, -0.2) is 22.2 Å². The van der Waals surface area contributed by atoms with Gasteiger partial charge in [-0.1, -0.05) is 49.0 Å². The van der Waals surface area contributed by atoms with Crippen LogP contribution >= 0.6 is 0 Å². The molecule has 0 radical (unpaired) electrons. The largest absolute Gasteiger partial charge is 0.573 e. The fourth-order valence-electron chi connectivity index (χ4n) is 6.74. The standard InChI is InChI=1S/C23H15F7N4O2.C21H12F7NO2.CH4/c24-16-4-7-18(19(25)11-16)21(35,13-34-10-9-32-33-34)22(26,27)20-8-3-15(12-31-20)14-1-5-17(6-2-14)36-23(28,29)30;22-14-4-7-16(17(23)9-14)19(11-30-19)20(24,25)18-8-3-13(10-29-18)12-1-5-15(6-2-12)31-21(26,27)28;/h1-12,35H,13H2;1-10H,11H2;1H4. The smallest absolute Gasteiger partial charge is 0.406 e. The average molecular weight is 972 g/mol. The van der Waals surface area contributed by atoms with Crippen molar-refractivity contribution in [2.24, 2.45) is 0 Å². The predicted octanol–water partition coefficient (Wildman–Crippen LogP) is 11.8. The average Bonchev–Trinajstić information content (AvgIpc) is 3.92. The Balaban J connectivity index is 0.000000223. The Morgan fingerprint density at radius 1 is 0.603 bits per heavy atom. The summed E-state index contributed by atoms with van der Waals surface area (Å²) in [5.41, 5.74) is -7.20. The highest BCUT2D eigenvalue weighted by Gasteiger charge is 2.68. The fraction of sp³-hybridized carbons (Fsp3) is 0.200. The first kappa shape index (κ1) is 50.3. The van der Waals surface area contributed by atoms with Crippen molar-refractivity contribution < 1.29 is 80.8 Å². The molecule has 2 unspecified atom stereocenters. The van der Waals surface area contributed by atoms with Crippen LogP contribution in [0.2, 0.25) is 0 Å². The number of benzene rings is 4. The molecule has 8 rings (SSSR count). The van der Waals surface area contributed by atoms with Gasteiger partial charge in [0.15, 0.2) is 11.2 Å². The SMILES string of the molecule is C.Fc1ccc(C2(C(F)(F)c3ccc(-c4ccc(OC(F)(F)F)cc4)cn3)CO2)c(F)c1.OC(Cn1ccnn1)(c1ccc(F)cc1F)C(F)(F)c1ccc(-c2ccc(OC(F)(F)F)cc2)cn1. The summed E-state index contributed by atoms with van der Waals surface area (Å²) >= 11 is 0. The van der Waals surface area contributed by atoms with Gasteiger partial charge in [0.25, 0.3) is 0 Å². The van der Waals surface area contributed by atoms with Gasteiger partial charge in [0.2, 0.25) is 0 Å². The number of halogens is 14. The number of aliphatic hydroxyl groups is 1. The van der Waals surface area contributed by atoms with Gasteiger partial charge in [0.1, 0.15) is 46.2 Å². The molecule has 4 aromatic carbocycles. The van der Waals surface area contributed by atoms with E-state index in [4.69, 9.17) is 4.74 Å². The van der Waals surface area contributed by atoms with E-state index in [-0.39, 0.29) is 13.0 Å². The van der Waals surface area contributed by atoms with Crippen molar-refractivity contribution in [3.05, 3.63) is 180 Å².